The van der Waals surface area contributed by atoms with E-state index in [2.05, 4.69) is 12.2 Å². The summed E-state index contributed by atoms with van der Waals surface area (Å²) in [5.41, 5.74) is 0. The zero-order valence-electron chi connectivity index (χ0n) is 5.69. The van der Waals surface area contributed by atoms with Gasteiger partial charge in [-0.15, -0.1) is 0 Å². The molecular weight excluding hydrogens is 128 g/mol. The van der Waals surface area contributed by atoms with E-state index >= 15 is 0 Å². The third-order valence-corrected chi connectivity index (χ3v) is 2.25. The maximum atomic E-state index is 10.3. The standard InChI is InChI=1S/C8H10O2/c9-5-7-4-6-2-1-3-8(6)10-7/h1,3,5-8H,2,4H2. The third-order valence-electron chi connectivity index (χ3n) is 2.25. The molecule has 0 N–H and O–H groups in total. The van der Waals surface area contributed by atoms with Crippen molar-refractivity contribution in [3.8, 4) is 0 Å². The molecule has 1 aliphatic carbocycles. The van der Waals surface area contributed by atoms with E-state index in [1.807, 2.05) is 0 Å². The molecule has 2 nitrogen and oxygen atoms in total. The van der Waals surface area contributed by atoms with Crippen LogP contribution in [0, 0.1) is 5.92 Å². The van der Waals surface area contributed by atoms with Crippen LogP contribution in [0.3, 0.4) is 0 Å². The summed E-state index contributed by atoms with van der Waals surface area (Å²) in [6.07, 6.45) is 7.24. The third kappa shape index (κ3) is 0.797. The minimum atomic E-state index is -0.125. The second-order valence-electron chi connectivity index (χ2n) is 2.93. The predicted octanol–water partition coefficient (Wildman–Crippen LogP) is 0.919. The van der Waals surface area contributed by atoms with Crippen LogP contribution in [-0.2, 0) is 9.53 Å². The Hall–Kier alpha value is -0.630. The molecule has 10 heavy (non-hydrogen) atoms. The molecule has 0 bridgehead atoms. The molecule has 2 heteroatoms. The zero-order valence-corrected chi connectivity index (χ0v) is 5.69. The number of allylic oxidation sites excluding steroid dienone is 1. The number of rotatable bonds is 1. The normalized spacial score (nSPS) is 43.8. The van der Waals surface area contributed by atoms with E-state index in [9.17, 15) is 4.79 Å². The van der Waals surface area contributed by atoms with Gasteiger partial charge in [0.1, 0.15) is 12.4 Å². The summed E-state index contributed by atoms with van der Waals surface area (Å²) in [6.45, 7) is 0. The molecule has 2 aliphatic rings. The highest BCUT2D eigenvalue weighted by Gasteiger charge is 2.34. The van der Waals surface area contributed by atoms with Crippen molar-refractivity contribution in [1.29, 1.82) is 0 Å². The van der Waals surface area contributed by atoms with Crippen molar-refractivity contribution in [2.75, 3.05) is 0 Å². The summed E-state index contributed by atoms with van der Waals surface area (Å²) in [4.78, 5) is 10.3. The van der Waals surface area contributed by atoms with Crippen molar-refractivity contribution in [2.24, 2.45) is 5.92 Å². The SMILES string of the molecule is O=CC1CC2CC=CC2O1. The molecule has 0 spiro atoms. The molecule has 1 heterocycles. The van der Waals surface area contributed by atoms with Crippen molar-refractivity contribution in [3.63, 3.8) is 0 Å². The molecule has 0 amide bonds. The Morgan fingerprint density at radius 3 is 3.20 bits per heavy atom. The number of carbonyl (C=O) groups is 1. The Balaban J connectivity index is 2.05. The number of fused-ring (bicyclic) bond motifs is 1. The fraction of sp³-hybridized carbons (Fsp3) is 0.625. The summed E-state index contributed by atoms with van der Waals surface area (Å²) in [6, 6.07) is 0. The molecule has 3 unspecified atom stereocenters. The molecule has 2 rings (SSSR count). The van der Waals surface area contributed by atoms with E-state index in [0.717, 1.165) is 19.1 Å². The van der Waals surface area contributed by atoms with Gasteiger partial charge in [-0.1, -0.05) is 12.2 Å². The maximum Gasteiger partial charge on any atom is 0.148 e. The van der Waals surface area contributed by atoms with Gasteiger partial charge in [-0.3, -0.25) is 0 Å². The van der Waals surface area contributed by atoms with Gasteiger partial charge in [-0.05, 0) is 18.8 Å². The van der Waals surface area contributed by atoms with Gasteiger partial charge in [-0.2, -0.15) is 0 Å². The van der Waals surface area contributed by atoms with Crippen molar-refractivity contribution < 1.29 is 9.53 Å². The number of hydrogen-bond acceptors (Lipinski definition) is 2. The van der Waals surface area contributed by atoms with E-state index in [4.69, 9.17) is 4.74 Å². The van der Waals surface area contributed by atoms with Crippen molar-refractivity contribution >= 4 is 6.29 Å². The fourth-order valence-electron chi connectivity index (χ4n) is 1.71. The van der Waals surface area contributed by atoms with E-state index in [0.29, 0.717) is 5.92 Å². The molecule has 0 aromatic carbocycles. The summed E-state index contributed by atoms with van der Waals surface area (Å²) >= 11 is 0. The Morgan fingerprint density at radius 2 is 2.50 bits per heavy atom. The lowest BCUT2D eigenvalue weighted by Gasteiger charge is -2.04. The van der Waals surface area contributed by atoms with Crippen LogP contribution in [0.15, 0.2) is 12.2 Å². The van der Waals surface area contributed by atoms with Crippen LogP contribution < -0.4 is 0 Å². The smallest absolute Gasteiger partial charge is 0.148 e. The Morgan fingerprint density at radius 1 is 1.60 bits per heavy atom. The molecular formula is C8H10O2. The van der Waals surface area contributed by atoms with E-state index < -0.39 is 0 Å². The molecule has 1 fully saturated rings. The number of aldehydes is 1. The first kappa shape index (κ1) is 6.10. The average Bonchev–Trinajstić information content (AvgIpc) is 2.42. The van der Waals surface area contributed by atoms with Gasteiger partial charge in [0.2, 0.25) is 0 Å². The Labute approximate surface area is 59.9 Å². The zero-order chi connectivity index (χ0) is 6.97. The molecule has 0 saturated carbocycles. The van der Waals surface area contributed by atoms with E-state index in [1.165, 1.54) is 0 Å². The lowest BCUT2D eigenvalue weighted by Crippen LogP contribution is -2.09. The van der Waals surface area contributed by atoms with Gasteiger partial charge in [0, 0.05) is 0 Å². The van der Waals surface area contributed by atoms with Crippen molar-refractivity contribution in [2.45, 2.75) is 25.0 Å². The Kier molecular flexibility index (Phi) is 1.34. The number of hydrogen-bond donors (Lipinski definition) is 0. The van der Waals surface area contributed by atoms with Crippen LogP contribution >= 0.6 is 0 Å². The molecule has 1 saturated heterocycles. The minimum absolute atomic E-state index is 0.125. The number of carbonyl (C=O) groups excluding carboxylic acids is 1. The lowest BCUT2D eigenvalue weighted by atomic mass is 10.0. The van der Waals surface area contributed by atoms with Crippen LogP contribution in [0.25, 0.3) is 0 Å². The monoisotopic (exact) mass is 138 g/mol. The molecule has 0 aromatic rings. The van der Waals surface area contributed by atoms with Gasteiger partial charge in [0.05, 0.1) is 6.10 Å². The predicted molar refractivity (Wildman–Crippen MR) is 36.6 cm³/mol. The molecule has 0 aromatic heterocycles. The largest absolute Gasteiger partial charge is 0.363 e. The van der Waals surface area contributed by atoms with Crippen molar-refractivity contribution in [1.82, 2.24) is 0 Å². The lowest BCUT2D eigenvalue weighted by molar-refractivity contribution is -0.116. The highest BCUT2D eigenvalue weighted by atomic mass is 16.5. The van der Waals surface area contributed by atoms with Crippen LogP contribution in [-0.4, -0.2) is 18.5 Å². The minimum Gasteiger partial charge on any atom is -0.363 e. The molecule has 0 radical (unpaired) electrons. The van der Waals surface area contributed by atoms with Crippen LogP contribution in [0.2, 0.25) is 0 Å². The fourth-order valence-corrected chi connectivity index (χ4v) is 1.71. The topological polar surface area (TPSA) is 26.3 Å². The van der Waals surface area contributed by atoms with Gasteiger partial charge in [0.15, 0.2) is 0 Å². The van der Waals surface area contributed by atoms with E-state index in [1.54, 1.807) is 0 Å². The quantitative estimate of drug-likeness (QED) is 0.398. The Bertz CT molecular complexity index is 174. The first-order valence-electron chi connectivity index (χ1n) is 3.67. The van der Waals surface area contributed by atoms with Crippen LogP contribution in [0.4, 0.5) is 0 Å². The average molecular weight is 138 g/mol. The summed E-state index contributed by atoms with van der Waals surface area (Å²) in [5, 5.41) is 0. The number of ether oxygens (including phenoxy) is 1. The highest BCUT2D eigenvalue weighted by Crippen LogP contribution is 2.33. The van der Waals surface area contributed by atoms with E-state index in [-0.39, 0.29) is 12.2 Å². The first-order valence-corrected chi connectivity index (χ1v) is 3.67. The second kappa shape index (κ2) is 2.20. The summed E-state index contributed by atoms with van der Waals surface area (Å²) in [5.74, 6) is 0.593. The summed E-state index contributed by atoms with van der Waals surface area (Å²) < 4.78 is 5.38. The second-order valence-corrected chi connectivity index (χ2v) is 2.93. The van der Waals surface area contributed by atoms with Gasteiger partial charge in [-0.25, -0.2) is 0 Å². The molecule has 54 valence electrons. The van der Waals surface area contributed by atoms with Crippen LogP contribution in [0.1, 0.15) is 12.8 Å². The van der Waals surface area contributed by atoms with Gasteiger partial charge < -0.3 is 9.53 Å². The van der Waals surface area contributed by atoms with Gasteiger partial charge >= 0.3 is 0 Å². The van der Waals surface area contributed by atoms with Gasteiger partial charge in [0.25, 0.3) is 0 Å². The van der Waals surface area contributed by atoms with Crippen molar-refractivity contribution in [3.05, 3.63) is 12.2 Å². The first-order chi connectivity index (χ1) is 4.90. The van der Waals surface area contributed by atoms with Crippen LogP contribution in [0.5, 0.6) is 0 Å². The summed E-state index contributed by atoms with van der Waals surface area (Å²) in [7, 11) is 0. The molecule has 3 atom stereocenters. The highest BCUT2D eigenvalue weighted by molar-refractivity contribution is 5.56. The molecule has 1 aliphatic heterocycles. The maximum absolute atomic E-state index is 10.3.